The van der Waals surface area contributed by atoms with Gasteiger partial charge in [-0.25, -0.2) is 0 Å². The molecule has 1 aromatic carbocycles. The van der Waals surface area contributed by atoms with Gasteiger partial charge in [-0.15, -0.1) is 0 Å². The Labute approximate surface area is 95.3 Å². The summed E-state index contributed by atoms with van der Waals surface area (Å²) >= 11 is 0. The number of ether oxygens (including phenoxy) is 2. The van der Waals surface area contributed by atoms with Crippen LogP contribution < -0.4 is 5.73 Å². The van der Waals surface area contributed by atoms with E-state index in [0.29, 0.717) is 13.0 Å². The SMILES string of the molecule is CC[C@@H](OCOCc1ccccc1)C(N)=O. The van der Waals surface area contributed by atoms with Crippen molar-refractivity contribution < 1.29 is 14.3 Å². The largest absolute Gasteiger partial charge is 0.367 e. The summed E-state index contributed by atoms with van der Waals surface area (Å²) in [5.74, 6) is -0.453. The zero-order chi connectivity index (χ0) is 11.8. The number of rotatable bonds is 7. The van der Waals surface area contributed by atoms with E-state index in [-0.39, 0.29) is 6.79 Å². The van der Waals surface area contributed by atoms with Gasteiger partial charge in [-0.2, -0.15) is 0 Å². The van der Waals surface area contributed by atoms with E-state index in [4.69, 9.17) is 15.2 Å². The molecule has 0 fully saturated rings. The highest BCUT2D eigenvalue weighted by atomic mass is 16.7. The Morgan fingerprint density at radius 1 is 1.38 bits per heavy atom. The third-order valence-electron chi connectivity index (χ3n) is 2.15. The highest BCUT2D eigenvalue weighted by Gasteiger charge is 2.12. The molecule has 0 saturated carbocycles. The van der Waals surface area contributed by atoms with E-state index < -0.39 is 12.0 Å². The Kier molecular flexibility index (Phi) is 5.53. The Bertz CT molecular complexity index is 313. The predicted octanol–water partition coefficient (Wildman–Crippen LogP) is 1.44. The molecule has 0 bridgehead atoms. The Balaban J connectivity index is 2.19. The van der Waals surface area contributed by atoms with Crippen molar-refractivity contribution in [3.8, 4) is 0 Å². The van der Waals surface area contributed by atoms with Gasteiger partial charge in [-0.05, 0) is 12.0 Å². The first-order chi connectivity index (χ1) is 7.74. The molecule has 16 heavy (non-hydrogen) atoms. The average molecular weight is 223 g/mol. The summed E-state index contributed by atoms with van der Waals surface area (Å²) in [5.41, 5.74) is 6.19. The molecule has 0 radical (unpaired) electrons. The first-order valence-electron chi connectivity index (χ1n) is 5.26. The topological polar surface area (TPSA) is 61.6 Å². The van der Waals surface area contributed by atoms with Gasteiger partial charge in [0.25, 0.3) is 0 Å². The molecular formula is C12H17NO3. The third kappa shape index (κ3) is 4.42. The number of nitrogens with two attached hydrogens (primary N) is 1. The molecule has 1 aromatic rings. The van der Waals surface area contributed by atoms with E-state index in [9.17, 15) is 4.79 Å². The smallest absolute Gasteiger partial charge is 0.246 e. The van der Waals surface area contributed by atoms with Crippen LogP contribution in [0.3, 0.4) is 0 Å². The first-order valence-corrected chi connectivity index (χ1v) is 5.26. The molecule has 4 nitrogen and oxygen atoms in total. The number of hydrogen-bond acceptors (Lipinski definition) is 3. The lowest BCUT2D eigenvalue weighted by Crippen LogP contribution is -2.31. The van der Waals surface area contributed by atoms with Gasteiger partial charge in [0, 0.05) is 0 Å². The maximum absolute atomic E-state index is 10.8. The van der Waals surface area contributed by atoms with Crippen molar-refractivity contribution in [3.63, 3.8) is 0 Å². The van der Waals surface area contributed by atoms with Crippen LogP contribution in [0.4, 0.5) is 0 Å². The van der Waals surface area contributed by atoms with Crippen molar-refractivity contribution >= 4 is 5.91 Å². The second-order valence-electron chi connectivity index (χ2n) is 3.42. The van der Waals surface area contributed by atoms with E-state index in [1.807, 2.05) is 37.3 Å². The summed E-state index contributed by atoms with van der Waals surface area (Å²) in [6.45, 7) is 2.39. The van der Waals surface area contributed by atoms with Gasteiger partial charge in [0.05, 0.1) is 6.61 Å². The minimum absolute atomic E-state index is 0.0797. The van der Waals surface area contributed by atoms with Crippen molar-refractivity contribution in [1.82, 2.24) is 0 Å². The van der Waals surface area contributed by atoms with E-state index in [0.717, 1.165) is 5.56 Å². The fourth-order valence-corrected chi connectivity index (χ4v) is 1.27. The summed E-state index contributed by atoms with van der Waals surface area (Å²) in [6, 6.07) is 9.76. The molecule has 4 heteroatoms. The van der Waals surface area contributed by atoms with Gasteiger partial charge in [0.1, 0.15) is 12.9 Å². The molecule has 0 unspecified atom stereocenters. The number of hydrogen-bond donors (Lipinski definition) is 1. The first kappa shape index (κ1) is 12.7. The molecule has 1 amide bonds. The molecule has 0 spiro atoms. The van der Waals surface area contributed by atoms with E-state index >= 15 is 0 Å². The van der Waals surface area contributed by atoms with Crippen LogP contribution in [-0.2, 0) is 20.9 Å². The summed E-state index contributed by atoms with van der Waals surface area (Å²) in [7, 11) is 0. The van der Waals surface area contributed by atoms with Gasteiger partial charge in [0.2, 0.25) is 5.91 Å². The monoisotopic (exact) mass is 223 g/mol. The van der Waals surface area contributed by atoms with Crippen LogP contribution >= 0.6 is 0 Å². The van der Waals surface area contributed by atoms with Gasteiger partial charge in [-0.3, -0.25) is 4.79 Å². The molecular weight excluding hydrogens is 206 g/mol. The zero-order valence-electron chi connectivity index (χ0n) is 9.39. The van der Waals surface area contributed by atoms with Gasteiger partial charge in [-0.1, -0.05) is 37.3 Å². The predicted molar refractivity (Wildman–Crippen MR) is 60.5 cm³/mol. The quantitative estimate of drug-likeness (QED) is 0.562. The molecule has 0 aromatic heterocycles. The molecule has 1 atom stereocenters. The molecule has 0 aliphatic carbocycles. The lowest BCUT2D eigenvalue weighted by atomic mass is 10.2. The number of amides is 1. The lowest BCUT2D eigenvalue weighted by Gasteiger charge is -2.12. The maximum atomic E-state index is 10.8. The van der Waals surface area contributed by atoms with Crippen LogP contribution in [-0.4, -0.2) is 18.8 Å². The number of carbonyl (C=O) groups excluding carboxylic acids is 1. The second kappa shape index (κ2) is 6.98. The van der Waals surface area contributed by atoms with E-state index in [1.165, 1.54) is 0 Å². The molecule has 88 valence electrons. The zero-order valence-corrected chi connectivity index (χ0v) is 9.39. The normalized spacial score (nSPS) is 12.3. The number of benzene rings is 1. The van der Waals surface area contributed by atoms with Crippen LogP contribution in [0.25, 0.3) is 0 Å². The fraction of sp³-hybridized carbons (Fsp3) is 0.417. The van der Waals surface area contributed by atoms with Crippen LogP contribution in [0.5, 0.6) is 0 Å². The Hall–Kier alpha value is -1.39. The number of primary amides is 1. The Morgan fingerprint density at radius 3 is 2.62 bits per heavy atom. The van der Waals surface area contributed by atoms with E-state index in [1.54, 1.807) is 0 Å². The molecule has 0 heterocycles. The van der Waals surface area contributed by atoms with Crippen molar-refractivity contribution in [3.05, 3.63) is 35.9 Å². The van der Waals surface area contributed by atoms with Gasteiger partial charge < -0.3 is 15.2 Å². The minimum atomic E-state index is -0.559. The van der Waals surface area contributed by atoms with E-state index in [2.05, 4.69) is 0 Å². The summed E-state index contributed by atoms with van der Waals surface area (Å²) in [5, 5.41) is 0. The summed E-state index contributed by atoms with van der Waals surface area (Å²) < 4.78 is 10.4. The standard InChI is InChI=1S/C12H17NO3/c1-2-11(12(13)14)16-9-15-8-10-6-4-3-5-7-10/h3-7,11H,2,8-9H2,1H3,(H2,13,14)/t11-/m1/s1. The van der Waals surface area contributed by atoms with Gasteiger partial charge in [0.15, 0.2) is 0 Å². The van der Waals surface area contributed by atoms with Crippen molar-refractivity contribution in [2.75, 3.05) is 6.79 Å². The minimum Gasteiger partial charge on any atom is -0.367 e. The van der Waals surface area contributed by atoms with Crippen LogP contribution in [0, 0.1) is 0 Å². The lowest BCUT2D eigenvalue weighted by molar-refractivity contribution is -0.142. The molecule has 0 aliphatic rings. The van der Waals surface area contributed by atoms with Crippen molar-refractivity contribution in [1.29, 1.82) is 0 Å². The Morgan fingerprint density at radius 2 is 2.06 bits per heavy atom. The molecule has 0 aliphatic heterocycles. The maximum Gasteiger partial charge on any atom is 0.246 e. The van der Waals surface area contributed by atoms with Crippen LogP contribution in [0.2, 0.25) is 0 Å². The fourth-order valence-electron chi connectivity index (χ4n) is 1.27. The van der Waals surface area contributed by atoms with Gasteiger partial charge >= 0.3 is 0 Å². The summed E-state index contributed by atoms with van der Waals surface area (Å²) in [4.78, 5) is 10.8. The number of carbonyl (C=O) groups is 1. The molecule has 1 rings (SSSR count). The van der Waals surface area contributed by atoms with Crippen molar-refractivity contribution in [2.45, 2.75) is 26.1 Å². The van der Waals surface area contributed by atoms with Crippen LogP contribution in [0.15, 0.2) is 30.3 Å². The second-order valence-corrected chi connectivity index (χ2v) is 3.42. The average Bonchev–Trinajstić information content (AvgIpc) is 2.30. The van der Waals surface area contributed by atoms with Crippen LogP contribution in [0.1, 0.15) is 18.9 Å². The highest BCUT2D eigenvalue weighted by Crippen LogP contribution is 2.02. The summed E-state index contributed by atoms with van der Waals surface area (Å²) in [6.07, 6.45) is 0.0000848. The molecule has 0 saturated heterocycles. The highest BCUT2D eigenvalue weighted by molar-refractivity contribution is 5.78. The molecule has 2 N–H and O–H groups in total. The van der Waals surface area contributed by atoms with Crippen molar-refractivity contribution in [2.24, 2.45) is 5.73 Å². The third-order valence-corrected chi connectivity index (χ3v) is 2.15.